The number of alkyl halides is 3. The van der Waals surface area contributed by atoms with Crippen molar-refractivity contribution >= 4 is 11.9 Å². The number of halogens is 3. The minimum atomic E-state index is -5.08. The second-order valence-electron chi connectivity index (χ2n) is 8.15. The van der Waals surface area contributed by atoms with Crippen molar-refractivity contribution in [2.24, 2.45) is 0 Å². The SMILES string of the molecule is CC(=O)NCC1CCC2(COCCN(Cc3ccc4c(c3)OCO4)C2)O1.O=C(O)C(F)(F)F. The Kier molecular flexibility index (Phi) is 8.03. The van der Waals surface area contributed by atoms with Crippen molar-refractivity contribution in [2.75, 3.05) is 39.6 Å². The largest absolute Gasteiger partial charge is 0.490 e. The first-order valence-electron chi connectivity index (χ1n) is 10.5. The Morgan fingerprint density at radius 1 is 1.27 bits per heavy atom. The van der Waals surface area contributed by atoms with Gasteiger partial charge in [0.15, 0.2) is 11.5 Å². The van der Waals surface area contributed by atoms with Crippen LogP contribution in [0.1, 0.15) is 25.3 Å². The van der Waals surface area contributed by atoms with E-state index < -0.39 is 12.1 Å². The highest BCUT2D eigenvalue weighted by molar-refractivity contribution is 5.73. The third-order valence-electron chi connectivity index (χ3n) is 5.43. The van der Waals surface area contributed by atoms with Crippen LogP contribution in [0.3, 0.4) is 0 Å². The van der Waals surface area contributed by atoms with E-state index in [1.54, 1.807) is 0 Å². The molecule has 3 heterocycles. The molecule has 3 aliphatic heterocycles. The van der Waals surface area contributed by atoms with E-state index in [1.165, 1.54) is 12.5 Å². The summed E-state index contributed by atoms with van der Waals surface area (Å²) in [5, 5.41) is 9.98. The van der Waals surface area contributed by atoms with Crippen molar-refractivity contribution in [3.8, 4) is 11.5 Å². The molecule has 2 unspecified atom stereocenters. The Morgan fingerprint density at radius 3 is 2.70 bits per heavy atom. The van der Waals surface area contributed by atoms with Crippen LogP contribution in [0.25, 0.3) is 0 Å². The van der Waals surface area contributed by atoms with E-state index in [1.807, 2.05) is 6.07 Å². The summed E-state index contributed by atoms with van der Waals surface area (Å²) >= 11 is 0. The molecule has 33 heavy (non-hydrogen) atoms. The summed E-state index contributed by atoms with van der Waals surface area (Å²) in [5.74, 6) is -1.15. The number of carbonyl (C=O) groups is 2. The number of benzene rings is 1. The molecule has 2 atom stereocenters. The van der Waals surface area contributed by atoms with Crippen molar-refractivity contribution < 1.29 is 46.8 Å². The van der Waals surface area contributed by atoms with Gasteiger partial charge in [0.1, 0.15) is 5.60 Å². The normalized spacial score (nSPS) is 24.7. The minimum absolute atomic E-state index is 0.0175. The number of aliphatic carboxylic acids is 1. The number of hydrogen-bond donors (Lipinski definition) is 2. The quantitative estimate of drug-likeness (QED) is 0.679. The third kappa shape index (κ3) is 7.21. The topological polar surface area (TPSA) is 107 Å². The second kappa shape index (κ2) is 10.6. The summed E-state index contributed by atoms with van der Waals surface area (Å²) in [6, 6.07) is 6.11. The number of carboxylic acid groups (broad SMARTS) is 1. The van der Waals surface area contributed by atoms with Gasteiger partial charge in [0.2, 0.25) is 12.7 Å². The highest BCUT2D eigenvalue weighted by atomic mass is 19.4. The lowest BCUT2D eigenvalue weighted by atomic mass is 9.99. The van der Waals surface area contributed by atoms with Crippen LogP contribution in [-0.4, -0.2) is 79.4 Å². The van der Waals surface area contributed by atoms with Crippen LogP contribution in [-0.2, 0) is 25.6 Å². The van der Waals surface area contributed by atoms with Crippen molar-refractivity contribution in [3.05, 3.63) is 23.8 Å². The van der Waals surface area contributed by atoms with Crippen LogP contribution < -0.4 is 14.8 Å². The molecule has 1 aromatic carbocycles. The number of fused-ring (bicyclic) bond motifs is 1. The fraction of sp³-hybridized carbons (Fsp3) is 0.619. The molecule has 0 aliphatic carbocycles. The Bertz CT molecular complexity index is 852. The lowest BCUT2D eigenvalue weighted by Crippen LogP contribution is -2.45. The van der Waals surface area contributed by atoms with Crippen molar-refractivity contribution in [3.63, 3.8) is 0 Å². The average molecular weight is 476 g/mol. The van der Waals surface area contributed by atoms with Gasteiger partial charge < -0.3 is 29.4 Å². The maximum atomic E-state index is 11.1. The van der Waals surface area contributed by atoms with E-state index in [0.29, 0.717) is 26.6 Å². The molecule has 12 heteroatoms. The predicted molar refractivity (Wildman–Crippen MR) is 108 cm³/mol. The van der Waals surface area contributed by atoms with Gasteiger partial charge in [-0.2, -0.15) is 13.2 Å². The van der Waals surface area contributed by atoms with Gasteiger partial charge in [-0.25, -0.2) is 4.79 Å². The maximum absolute atomic E-state index is 11.1. The number of carboxylic acids is 1. The number of amides is 1. The van der Waals surface area contributed by atoms with E-state index in [9.17, 15) is 18.0 Å². The van der Waals surface area contributed by atoms with E-state index in [0.717, 1.165) is 44.0 Å². The summed E-state index contributed by atoms with van der Waals surface area (Å²) < 4.78 is 54.8. The predicted octanol–water partition coefficient (Wildman–Crippen LogP) is 1.93. The first kappa shape index (κ1) is 25.1. The Balaban J connectivity index is 0.000000383. The van der Waals surface area contributed by atoms with E-state index in [-0.39, 0.29) is 17.6 Å². The summed E-state index contributed by atoms with van der Waals surface area (Å²) in [4.78, 5) is 22.4. The van der Waals surface area contributed by atoms with Crippen molar-refractivity contribution in [1.82, 2.24) is 10.2 Å². The summed E-state index contributed by atoms with van der Waals surface area (Å²) in [6.45, 7) is 6.23. The first-order valence-corrected chi connectivity index (χ1v) is 10.5. The van der Waals surface area contributed by atoms with E-state index in [4.69, 9.17) is 28.8 Å². The highest BCUT2D eigenvalue weighted by Crippen LogP contribution is 2.35. The van der Waals surface area contributed by atoms with Gasteiger partial charge in [0, 0.05) is 33.1 Å². The molecule has 0 bridgehead atoms. The zero-order chi connectivity index (χ0) is 24.1. The van der Waals surface area contributed by atoms with Crippen LogP contribution in [0.15, 0.2) is 18.2 Å². The fourth-order valence-electron chi connectivity index (χ4n) is 3.94. The molecule has 0 radical (unpaired) electrons. The molecule has 2 fully saturated rings. The van der Waals surface area contributed by atoms with Crippen molar-refractivity contribution in [1.29, 1.82) is 0 Å². The molecule has 9 nitrogen and oxygen atoms in total. The standard InChI is InChI=1S/C19H26N2O5.C2HF3O2/c1-14(22)20-9-16-4-5-19(26-16)11-21(6-7-23-12-19)10-15-2-3-17-18(8-15)25-13-24-17;3-2(4,5)1(6)7/h2-3,8,16H,4-7,9-13H2,1H3,(H,20,22);(H,6,7). The second-order valence-corrected chi connectivity index (χ2v) is 8.15. The summed E-state index contributed by atoms with van der Waals surface area (Å²) in [7, 11) is 0. The Hall–Kier alpha value is -2.57. The zero-order valence-corrected chi connectivity index (χ0v) is 18.2. The lowest BCUT2D eigenvalue weighted by molar-refractivity contribution is -0.192. The van der Waals surface area contributed by atoms with Gasteiger partial charge >= 0.3 is 12.1 Å². The molecule has 4 rings (SSSR count). The van der Waals surface area contributed by atoms with E-state index >= 15 is 0 Å². The molecule has 0 saturated carbocycles. The summed E-state index contributed by atoms with van der Waals surface area (Å²) in [6.07, 6.45) is -3.12. The van der Waals surface area contributed by atoms with Crippen LogP contribution in [0, 0.1) is 0 Å². The van der Waals surface area contributed by atoms with Crippen molar-refractivity contribution in [2.45, 2.75) is 44.2 Å². The molecule has 0 aromatic heterocycles. The molecular weight excluding hydrogens is 449 g/mol. The highest BCUT2D eigenvalue weighted by Gasteiger charge is 2.43. The molecular formula is C21H27F3N2O7. The average Bonchev–Trinajstić information content (AvgIpc) is 3.30. The number of ether oxygens (including phenoxy) is 4. The Morgan fingerprint density at radius 2 is 2.00 bits per heavy atom. The van der Waals surface area contributed by atoms with Crippen LogP contribution in [0.5, 0.6) is 11.5 Å². The Labute approximate surface area is 188 Å². The molecule has 184 valence electrons. The number of nitrogens with one attached hydrogen (secondary N) is 1. The van der Waals surface area contributed by atoms with Gasteiger partial charge in [0.25, 0.3) is 0 Å². The van der Waals surface area contributed by atoms with Crippen LogP contribution >= 0.6 is 0 Å². The molecule has 3 aliphatic rings. The number of nitrogens with zero attached hydrogens (tertiary/aromatic N) is 1. The maximum Gasteiger partial charge on any atom is 0.490 e. The van der Waals surface area contributed by atoms with Gasteiger partial charge in [0.05, 0.1) is 19.3 Å². The molecule has 2 saturated heterocycles. The third-order valence-corrected chi connectivity index (χ3v) is 5.43. The van der Waals surface area contributed by atoms with Gasteiger partial charge in [-0.1, -0.05) is 6.07 Å². The smallest absolute Gasteiger partial charge is 0.475 e. The van der Waals surface area contributed by atoms with Gasteiger partial charge in [-0.3, -0.25) is 9.69 Å². The van der Waals surface area contributed by atoms with Crippen LogP contribution in [0.2, 0.25) is 0 Å². The molecule has 1 aromatic rings. The number of hydrogen-bond acceptors (Lipinski definition) is 7. The lowest BCUT2D eigenvalue weighted by Gasteiger charge is -2.32. The number of rotatable bonds is 4. The fourth-order valence-corrected chi connectivity index (χ4v) is 3.94. The molecule has 1 amide bonds. The first-order chi connectivity index (χ1) is 15.6. The van der Waals surface area contributed by atoms with Gasteiger partial charge in [-0.05, 0) is 30.5 Å². The van der Waals surface area contributed by atoms with Gasteiger partial charge in [-0.15, -0.1) is 0 Å². The zero-order valence-electron chi connectivity index (χ0n) is 18.2. The number of carbonyl (C=O) groups excluding carboxylic acids is 1. The van der Waals surface area contributed by atoms with E-state index in [2.05, 4.69) is 22.3 Å². The molecule has 2 N–H and O–H groups in total. The summed E-state index contributed by atoms with van der Waals surface area (Å²) in [5.41, 5.74) is 0.912. The molecule has 1 spiro atoms. The monoisotopic (exact) mass is 476 g/mol. The minimum Gasteiger partial charge on any atom is -0.475 e. The van der Waals surface area contributed by atoms with Crippen LogP contribution in [0.4, 0.5) is 13.2 Å².